The number of carboxylic acids is 2. The van der Waals surface area contributed by atoms with Crippen LogP contribution < -0.4 is 20.1 Å². The highest BCUT2D eigenvalue weighted by atomic mass is 32.2. The SMILES string of the molecule is CNCCCOc1cccc2c1Sc1ccccc1CC2=O.CNCCCOc1cccc2c1Sc1ccccc1CC2=O.O=C(O)C(=O)O. The van der Waals surface area contributed by atoms with E-state index in [4.69, 9.17) is 29.3 Å². The quantitative estimate of drug-likeness (QED) is 0.108. The zero-order valence-corrected chi connectivity index (χ0v) is 29.5. The zero-order valence-electron chi connectivity index (χ0n) is 27.9. The van der Waals surface area contributed by atoms with Crippen molar-refractivity contribution in [2.45, 2.75) is 45.3 Å². The van der Waals surface area contributed by atoms with Crippen molar-refractivity contribution in [1.29, 1.82) is 0 Å². The highest BCUT2D eigenvalue weighted by Crippen LogP contribution is 2.43. The summed E-state index contributed by atoms with van der Waals surface area (Å²) in [6, 6.07) is 27.7. The Labute approximate surface area is 300 Å². The number of carbonyl (C=O) groups excluding carboxylic acids is 2. The van der Waals surface area contributed by atoms with Gasteiger partial charge in [0.15, 0.2) is 11.6 Å². The molecule has 2 aliphatic rings. The fraction of sp³-hybridized carbons (Fsp3) is 0.263. The van der Waals surface area contributed by atoms with Crippen LogP contribution in [-0.2, 0) is 22.4 Å². The number of nitrogens with one attached hydrogen (secondary N) is 2. The predicted octanol–water partition coefficient (Wildman–Crippen LogP) is 6.29. The number of hydrogen-bond donors (Lipinski definition) is 4. The van der Waals surface area contributed by atoms with E-state index in [9.17, 15) is 9.59 Å². The van der Waals surface area contributed by atoms with Gasteiger partial charge < -0.3 is 30.3 Å². The smallest absolute Gasteiger partial charge is 0.414 e. The summed E-state index contributed by atoms with van der Waals surface area (Å²) in [6.07, 6.45) is 2.80. The summed E-state index contributed by atoms with van der Waals surface area (Å²) >= 11 is 3.27. The average Bonchev–Trinajstić information content (AvgIpc) is 3.36. The molecule has 0 amide bonds. The van der Waals surface area contributed by atoms with Crippen LogP contribution in [0.5, 0.6) is 11.5 Å². The van der Waals surface area contributed by atoms with Crippen LogP contribution in [0.15, 0.2) is 105 Å². The molecule has 0 bridgehead atoms. The fourth-order valence-electron chi connectivity index (χ4n) is 5.03. The van der Waals surface area contributed by atoms with Crippen molar-refractivity contribution >= 4 is 47.0 Å². The van der Waals surface area contributed by atoms with Gasteiger partial charge in [-0.15, -0.1) is 0 Å². The lowest BCUT2D eigenvalue weighted by Gasteiger charge is -2.13. The van der Waals surface area contributed by atoms with Crippen molar-refractivity contribution in [3.05, 3.63) is 107 Å². The van der Waals surface area contributed by atoms with E-state index in [1.54, 1.807) is 23.5 Å². The second-order valence-corrected chi connectivity index (χ2v) is 13.2. The van der Waals surface area contributed by atoms with E-state index in [1.807, 2.05) is 86.9 Å². The minimum atomic E-state index is -1.82. The van der Waals surface area contributed by atoms with Crippen LogP contribution in [0.3, 0.4) is 0 Å². The Hall–Kier alpha value is -4.62. The van der Waals surface area contributed by atoms with Gasteiger partial charge in [-0.3, -0.25) is 9.59 Å². The second-order valence-electron chi connectivity index (χ2n) is 11.1. The number of ketones is 2. The molecule has 50 heavy (non-hydrogen) atoms. The first-order valence-electron chi connectivity index (χ1n) is 16.1. The summed E-state index contributed by atoms with van der Waals surface area (Å²) in [4.78, 5) is 47.4. The Morgan fingerprint density at radius 2 is 1.02 bits per heavy atom. The molecule has 4 aromatic carbocycles. The number of hydrogen-bond acceptors (Lipinski definition) is 10. The molecule has 0 spiro atoms. The van der Waals surface area contributed by atoms with Crippen molar-refractivity contribution in [2.75, 3.05) is 40.4 Å². The number of carbonyl (C=O) groups is 4. The molecule has 262 valence electrons. The minimum Gasteiger partial charge on any atom is -0.492 e. The Kier molecular flexibility index (Phi) is 14.9. The van der Waals surface area contributed by atoms with Crippen LogP contribution in [0.4, 0.5) is 0 Å². The number of Topliss-reactive ketones (excluding diaryl/α,β-unsaturated/α-hetero) is 2. The lowest BCUT2D eigenvalue weighted by molar-refractivity contribution is -0.159. The minimum absolute atomic E-state index is 0.160. The predicted molar refractivity (Wildman–Crippen MR) is 193 cm³/mol. The molecular weight excluding hydrogens is 677 g/mol. The van der Waals surface area contributed by atoms with Gasteiger partial charge in [0.2, 0.25) is 0 Å². The van der Waals surface area contributed by atoms with Gasteiger partial charge in [0.25, 0.3) is 0 Å². The summed E-state index contributed by atoms with van der Waals surface area (Å²) in [5.41, 5.74) is 3.73. The van der Waals surface area contributed by atoms with Crippen molar-refractivity contribution in [3.63, 3.8) is 0 Å². The second kappa shape index (κ2) is 19.5. The molecule has 0 aromatic heterocycles. The molecule has 12 heteroatoms. The fourth-order valence-corrected chi connectivity index (χ4v) is 7.34. The van der Waals surface area contributed by atoms with Gasteiger partial charge in [-0.1, -0.05) is 72.1 Å². The molecule has 2 heterocycles. The molecule has 0 radical (unpaired) electrons. The molecule has 0 saturated heterocycles. The third kappa shape index (κ3) is 10.7. The van der Waals surface area contributed by atoms with Crippen LogP contribution in [0.25, 0.3) is 0 Å². The topological polar surface area (TPSA) is 151 Å². The van der Waals surface area contributed by atoms with Crippen molar-refractivity contribution in [2.24, 2.45) is 0 Å². The van der Waals surface area contributed by atoms with Crippen molar-refractivity contribution in [1.82, 2.24) is 10.6 Å². The van der Waals surface area contributed by atoms with E-state index < -0.39 is 11.9 Å². The Bertz CT molecular complexity index is 1680. The molecule has 0 fully saturated rings. The summed E-state index contributed by atoms with van der Waals surface area (Å²) in [5.74, 6) is -1.71. The van der Waals surface area contributed by atoms with Gasteiger partial charge in [0.05, 0.1) is 23.0 Å². The molecule has 6 rings (SSSR count). The largest absolute Gasteiger partial charge is 0.492 e. The highest BCUT2D eigenvalue weighted by molar-refractivity contribution is 7.99. The molecular formula is C38H40N2O8S2. The lowest BCUT2D eigenvalue weighted by atomic mass is 10.0. The summed E-state index contributed by atoms with van der Waals surface area (Å²) in [7, 11) is 3.86. The monoisotopic (exact) mass is 716 g/mol. The molecule has 4 N–H and O–H groups in total. The average molecular weight is 717 g/mol. The van der Waals surface area contributed by atoms with Crippen LogP contribution in [0.2, 0.25) is 0 Å². The van der Waals surface area contributed by atoms with E-state index in [-0.39, 0.29) is 11.6 Å². The maximum absolute atomic E-state index is 12.5. The molecule has 10 nitrogen and oxygen atoms in total. The number of ether oxygens (including phenoxy) is 2. The first-order valence-corrected chi connectivity index (χ1v) is 17.7. The molecule has 0 atom stereocenters. The number of fused-ring (bicyclic) bond motifs is 4. The Morgan fingerprint density at radius 1 is 0.620 bits per heavy atom. The first-order chi connectivity index (χ1) is 24.2. The number of aliphatic carboxylic acids is 2. The third-order valence-electron chi connectivity index (χ3n) is 7.47. The van der Waals surface area contributed by atoms with Gasteiger partial charge in [0.1, 0.15) is 11.5 Å². The van der Waals surface area contributed by atoms with Crippen molar-refractivity contribution < 1.29 is 38.9 Å². The standard InChI is InChI=1S/2C18H19NO2S.C2H2O4/c2*1-19-10-5-11-21-16-8-4-7-14-15(20)12-13-6-2-3-9-17(13)22-18(14)16;3-1(4)2(5)6/h2*2-4,6-9,19H,5,10-12H2,1H3;(H,3,4)(H,5,6). The van der Waals surface area contributed by atoms with Crippen LogP contribution in [-0.4, -0.2) is 74.1 Å². The van der Waals surface area contributed by atoms with E-state index in [0.29, 0.717) is 26.1 Å². The van der Waals surface area contributed by atoms with Crippen LogP contribution in [0.1, 0.15) is 44.7 Å². The summed E-state index contributed by atoms with van der Waals surface area (Å²) in [5, 5.41) is 21.0. The molecule has 0 aliphatic carbocycles. The van der Waals surface area contributed by atoms with Gasteiger partial charge in [0, 0.05) is 33.8 Å². The zero-order chi connectivity index (χ0) is 35.9. The maximum atomic E-state index is 12.5. The van der Waals surface area contributed by atoms with Crippen LogP contribution in [0, 0.1) is 0 Å². The summed E-state index contributed by atoms with van der Waals surface area (Å²) < 4.78 is 11.8. The van der Waals surface area contributed by atoms with Gasteiger partial charge in [-0.25, -0.2) is 9.59 Å². The Balaban J connectivity index is 0.000000194. The number of carboxylic acid groups (broad SMARTS) is 2. The highest BCUT2D eigenvalue weighted by Gasteiger charge is 2.24. The van der Waals surface area contributed by atoms with E-state index in [1.165, 1.54) is 0 Å². The molecule has 0 saturated carbocycles. The first kappa shape index (κ1) is 38.2. The number of rotatable bonds is 10. The van der Waals surface area contributed by atoms with E-state index in [2.05, 4.69) is 22.8 Å². The molecule has 0 unspecified atom stereocenters. The lowest BCUT2D eigenvalue weighted by Crippen LogP contribution is -2.12. The van der Waals surface area contributed by atoms with Gasteiger partial charge in [-0.05, 0) is 87.6 Å². The van der Waals surface area contributed by atoms with Crippen LogP contribution >= 0.6 is 23.5 Å². The van der Waals surface area contributed by atoms with E-state index in [0.717, 1.165) is 79.3 Å². The van der Waals surface area contributed by atoms with Gasteiger partial charge >= 0.3 is 11.9 Å². The van der Waals surface area contributed by atoms with Crippen molar-refractivity contribution in [3.8, 4) is 11.5 Å². The Morgan fingerprint density at radius 3 is 1.40 bits per heavy atom. The maximum Gasteiger partial charge on any atom is 0.414 e. The number of benzene rings is 4. The van der Waals surface area contributed by atoms with E-state index >= 15 is 0 Å². The molecule has 2 aliphatic heterocycles. The normalized spacial score (nSPS) is 12.5. The van der Waals surface area contributed by atoms with Gasteiger partial charge in [-0.2, -0.15) is 0 Å². The third-order valence-corrected chi connectivity index (χ3v) is 9.96. The molecule has 4 aromatic rings. The summed E-state index contributed by atoms with van der Waals surface area (Å²) in [6.45, 7) is 3.13.